The van der Waals surface area contributed by atoms with Crippen LogP contribution in [-0.4, -0.2) is 16.0 Å². The zero-order valence-corrected chi connectivity index (χ0v) is 14.9. The molecule has 1 heterocycles. The first-order valence-electron chi connectivity index (χ1n) is 8.64. The van der Waals surface area contributed by atoms with Crippen LogP contribution in [0.1, 0.15) is 50.1 Å². The van der Waals surface area contributed by atoms with Crippen molar-refractivity contribution >= 4 is 26.8 Å². The Hall–Kier alpha value is -1.04. The maximum atomic E-state index is 12.8. The predicted molar refractivity (Wildman–Crippen MR) is 90.9 cm³/mol. The first kappa shape index (κ1) is 16.4. The maximum Gasteiger partial charge on any atom is 0.391 e. The minimum Gasteiger partial charge on any atom is -0.264 e. The second-order valence-electron chi connectivity index (χ2n) is 7.26. The number of benzene rings is 1. The van der Waals surface area contributed by atoms with Gasteiger partial charge in [0.05, 0.1) is 17.1 Å². The van der Waals surface area contributed by atoms with Crippen LogP contribution < -0.4 is 0 Å². The van der Waals surface area contributed by atoms with Crippen molar-refractivity contribution in [3.05, 3.63) is 28.4 Å². The summed E-state index contributed by atoms with van der Waals surface area (Å²) in [5, 5.41) is 6.02. The Morgan fingerprint density at radius 1 is 1.08 bits per heavy atom. The third-order valence-electron chi connectivity index (χ3n) is 5.45. The largest absolute Gasteiger partial charge is 0.391 e. The van der Waals surface area contributed by atoms with Crippen molar-refractivity contribution in [1.29, 1.82) is 0 Å². The average molecular weight is 401 g/mol. The van der Waals surface area contributed by atoms with Crippen LogP contribution in [0.3, 0.4) is 0 Å². The zero-order chi connectivity index (χ0) is 16.9. The van der Waals surface area contributed by atoms with Gasteiger partial charge in [0, 0.05) is 22.3 Å². The van der Waals surface area contributed by atoms with Gasteiger partial charge in [0.2, 0.25) is 0 Å². The van der Waals surface area contributed by atoms with Crippen molar-refractivity contribution in [2.45, 2.75) is 57.2 Å². The second kappa shape index (κ2) is 6.04. The molecule has 0 radical (unpaired) electrons. The Labute approximate surface area is 147 Å². The number of alkyl halides is 3. The molecule has 1 aromatic carbocycles. The molecule has 0 unspecified atom stereocenters. The molecule has 2 nitrogen and oxygen atoms in total. The van der Waals surface area contributed by atoms with E-state index in [0.717, 1.165) is 22.2 Å². The number of hydrogen-bond acceptors (Lipinski definition) is 1. The van der Waals surface area contributed by atoms with Crippen molar-refractivity contribution in [3.63, 3.8) is 0 Å². The SMILES string of the molecule is FC(F)(F)C1CCC(Cn2nc(C3CC3)c3cc(Br)ccc32)CC1. The quantitative estimate of drug-likeness (QED) is 0.613. The van der Waals surface area contributed by atoms with E-state index in [1.165, 1.54) is 18.2 Å². The summed E-state index contributed by atoms with van der Waals surface area (Å²) in [6, 6.07) is 6.20. The monoisotopic (exact) mass is 400 g/mol. The molecule has 2 saturated carbocycles. The number of rotatable bonds is 3. The normalized spacial score (nSPS) is 25.3. The third kappa shape index (κ3) is 3.22. The average Bonchev–Trinajstić information content (AvgIpc) is 3.31. The van der Waals surface area contributed by atoms with Crippen molar-refractivity contribution in [2.75, 3.05) is 0 Å². The Bertz CT molecular complexity index is 741. The zero-order valence-electron chi connectivity index (χ0n) is 13.3. The van der Waals surface area contributed by atoms with Gasteiger partial charge in [-0.15, -0.1) is 0 Å². The molecule has 2 aliphatic rings. The van der Waals surface area contributed by atoms with Crippen LogP contribution in [0.5, 0.6) is 0 Å². The molecule has 130 valence electrons. The molecule has 0 spiro atoms. The predicted octanol–water partition coefficient (Wildman–Crippen LogP) is 6.04. The minimum atomic E-state index is -4.03. The molecule has 0 bridgehead atoms. The smallest absolute Gasteiger partial charge is 0.264 e. The van der Waals surface area contributed by atoms with E-state index < -0.39 is 12.1 Å². The summed E-state index contributed by atoms with van der Waals surface area (Å²) in [5.74, 6) is -0.257. The second-order valence-corrected chi connectivity index (χ2v) is 8.18. The lowest BCUT2D eigenvalue weighted by molar-refractivity contribution is -0.184. The molecular formula is C18H20BrF3N2. The first-order valence-corrected chi connectivity index (χ1v) is 9.44. The molecule has 0 aliphatic heterocycles. The molecule has 2 aliphatic carbocycles. The van der Waals surface area contributed by atoms with E-state index in [-0.39, 0.29) is 12.8 Å². The van der Waals surface area contributed by atoms with Gasteiger partial charge in [0.15, 0.2) is 0 Å². The molecule has 0 amide bonds. The Kier molecular flexibility index (Phi) is 4.14. The summed E-state index contributed by atoms with van der Waals surface area (Å²) >= 11 is 3.53. The molecule has 2 fully saturated rings. The van der Waals surface area contributed by atoms with E-state index >= 15 is 0 Å². The first-order chi connectivity index (χ1) is 11.4. The lowest BCUT2D eigenvalue weighted by Gasteiger charge is -2.29. The van der Waals surface area contributed by atoms with Gasteiger partial charge in [-0.25, -0.2) is 0 Å². The molecule has 1 aromatic heterocycles. The summed E-state index contributed by atoms with van der Waals surface area (Å²) in [5.41, 5.74) is 2.27. The Balaban J connectivity index is 1.53. The number of halogens is 4. The topological polar surface area (TPSA) is 17.8 Å². The van der Waals surface area contributed by atoms with E-state index in [1.54, 1.807) is 0 Å². The van der Waals surface area contributed by atoms with E-state index in [4.69, 9.17) is 5.10 Å². The molecule has 0 atom stereocenters. The van der Waals surface area contributed by atoms with Crippen LogP contribution in [-0.2, 0) is 6.54 Å². The van der Waals surface area contributed by atoms with Gasteiger partial charge >= 0.3 is 6.18 Å². The number of aromatic nitrogens is 2. The van der Waals surface area contributed by atoms with Gasteiger partial charge < -0.3 is 0 Å². The number of hydrogen-bond donors (Lipinski definition) is 0. The standard InChI is InChI=1S/C18H20BrF3N2/c19-14-7-8-16-15(9-14)17(12-3-4-12)23-24(16)10-11-1-5-13(6-2-11)18(20,21)22/h7-9,11-13H,1-6,10H2. The fraction of sp³-hybridized carbons (Fsp3) is 0.611. The molecule has 24 heavy (non-hydrogen) atoms. The van der Waals surface area contributed by atoms with Gasteiger partial charge in [-0.05, 0) is 62.6 Å². The molecule has 2 aromatic rings. The molecule has 0 saturated heterocycles. The third-order valence-corrected chi connectivity index (χ3v) is 5.94. The van der Waals surface area contributed by atoms with Crippen LogP contribution in [0.4, 0.5) is 13.2 Å². The highest BCUT2D eigenvalue weighted by molar-refractivity contribution is 9.10. The van der Waals surface area contributed by atoms with Crippen molar-refractivity contribution < 1.29 is 13.2 Å². The lowest BCUT2D eigenvalue weighted by atomic mass is 9.81. The van der Waals surface area contributed by atoms with E-state index in [1.807, 2.05) is 10.7 Å². The van der Waals surface area contributed by atoms with E-state index in [9.17, 15) is 13.2 Å². The lowest BCUT2D eigenvalue weighted by Crippen LogP contribution is -2.29. The highest BCUT2D eigenvalue weighted by Crippen LogP contribution is 2.44. The fourth-order valence-electron chi connectivity index (χ4n) is 3.89. The van der Waals surface area contributed by atoms with Crippen LogP contribution in [0.2, 0.25) is 0 Å². The highest BCUT2D eigenvalue weighted by atomic mass is 79.9. The van der Waals surface area contributed by atoms with Crippen molar-refractivity contribution in [1.82, 2.24) is 9.78 Å². The van der Waals surface area contributed by atoms with Gasteiger partial charge in [0.1, 0.15) is 0 Å². The van der Waals surface area contributed by atoms with Crippen molar-refractivity contribution in [3.8, 4) is 0 Å². The van der Waals surface area contributed by atoms with E-state index in [2.05, 4.69) is 28.1 Å². The van der Waals surface area contributed by atoms with Gasteiger partial charge in [0.25, 0.3) is 0 Å². The van der Waals surface area contributed by atoms with E-state index in [0.29, 0.717) is 24.7 Å². The highest BCUT2D eigenvalue weighted by Gasteiger charge is 2.41. The molecular weight excluding hydrogens is 381 g/mol. The number of nitrogens with zero attached hydrogens (tertiary/aromatic N) is 2. The van der Waals surface area contributed by atoms with Crippen LogP contribution in [0.15, 0.2) is 22.7 Å². The Morgan fingerprint density at radius 3 is 2.42 bits per heavy atom. The summed E-state index contributed by atoms with van der Waals surface area (Å²) < 4.78 is 41.5. The molecule has 6 heteroatoms. The summed E-state index contributed by atoms with van der Waals surface area (Å²) in [6.45, 7) is 0.732. The summed E-state index contributed by atoms with van der Waals surface area (Å²) in [6.07, 6.45) is 0.143. The van der Waals surface area contributed by atoms with Crippen LogP contribution >= 0.6 is 15.9 Å². The van der Waals surface area contributed by atoms with Gasteiger partial charge in [-0.3, -0.25) is 4.68 Å². The van der Waals surface area contributed by atoms with Crippen LogP contribution in [0.25, 0.3) is 10.9 Å². The molecule has 4 rings (SSSR count). The van der Waals surface area contributed by atoms with Gasteiger partial charge in [-0.2, -0.15) is 18.3 Å². The maximum absolute atomic E-state index is 12.8. The van der Waals surface area contributed by atoms with Crippen LogP contribution in [0, 0.1) is 11.8 Å². The Morgan fingerprint density at radius 2 is 1.79 bits per heavy atom. The summed E-state index contributed by atoms with van der Waals surface area (Å²) in [4.78, 5) is 0. The fourth-order valence-corrected chi connectivity index (χ4v) is 4.25. The van der Waals surface area contributed by atoms with Crippen molar-refractivity contribution in [2.24, 2.45) is 11.8 Å². The van der Waals surface area contributed by atoms with Gasteiger partial charge in [-0.1, -0.05) is 15.9 Å². The molecule has 0 N–H and O–H groups in total. The number of fused-ring (bicyclic) bond motifs is 1. The summed E-state index contributed by atoms with van der Waals surface area (Å²) in [7, 11) is 0. The minimum absolute atomic E-state index is 0.258.